The van der Waals surface area contributed by atoms with E-state index in [2.05, 4.69) is 20.4 Å². The van der Waals surface area contributed by atoms with Crippen molar-refractivity contribution in [1.29, 1.82) is 0 Å². The molecule has 0 atom stereocenters. The van der Waals surface area contributed by atoms with Gasteiger partial charge in [-0.05, 0) is 23.3 Å². The first-order chi connectivity index (χ1) is 12.9. The Morgan fingerprint density at radius 3 is 2.44 bits per heavy atom. The highest BCUT2D eigenvalue weighted by Crippen LogP contribution is 2.10. The summed E-state index contributed by atoms with van der Waals surface area (Å²) in [7, 11) is -3.26. The molecule has 0 spiro atoms. The Balaban J connectivity index is 1.66. The monoisotopic (exact) mass is 385 g/mol. The van der Waals surface area contributed by atoms with Crippen molar-refractivity contribution in [2.75, 3.05) is 6.26 Å². The van der Waals surface area contributed by atoms with Gasteiger partial charge in [0.15, 0.2) is 5.69 Å². The Morgan fingerprint density at radius 2 is 1.74 bits per heavy atom. The fourth-order valence-corrected chi connectivity index (χ4v) is 2.92. The number of carbonyl (C=O) groups excluding carboxylic acids is 1. The van der Waals surface area contributed by atoms with Gasteiger partial charge in [-0.2, -0.15) is 0 Å². The Bertz CT molecular complexity index is 1030. The number of carbonyl (C=O) groups is 1. The Labute approximate surface area is 157 Å². The van der Waals surface area contributed by atoms with Crippen LogP contribution >= 0.6 is 0 Å². The zero-order valence-corrected chi connectivity index (χ0v) is 15.5. The fraction of sp³-hybridized carbons (Fsp3) is 0.167. The molecule has 0 saturated carbocycles. The molecule has 0 radical (unpaired) electrons. The number of nitrogens with one attached hydrogen (secondary N) is 2. The average molecular weight is 385 g/mol. The van der Waals surface area contributed by atoms with Crippen molar-refractivity contribution in [3.63, 3.8) is 0 Å². The molecule has 1 aromatic heterocycles. The van der Waals surface area contributed by atoms with E-state index in [0.717, 1.165) is 23.1 Å². The summed E-state index contributed by atoms with van der Waals surface area (Å²) in [6, 6.07) is 16.6. The van der Waals surface area contributed by atoms with Crippen molar-refractivity contribution < 1.29 is 13.2 Å². The standard InChI is InChI=1S/C18H19N5O3S/c1-27(25,26)21-12-15-7-5-6-14(10-15)11-19-18(24)17-13-20-22-23(17)16-8-3-2-4-9-16/h2-10,13,21H,11-12H2,1H3,(H,19,24). The number of hydrogen-bond donors (Lipinski definition) is 2. The zero-order valence-electron chi connectivity index (χ0n) is 14.7. The van der Waals surface area contributed by atoms with Crippen LogP contribution in [0, 0.1) is 0 Å². The Kier molecular flexibility index (Phi) is 5.63. The lowest BCUT2D eigenvalue weighted by atomic mass is 10.1. The third-order valence-corrected chi connectivity index (χ3v) is 4.43. The predicted octanol–water partition coefficient (Wildman–Crippen LogP) is 1.25. The van der Waals surface area contributed by atoms with E-state index in [4.69, 9.17) is 0 Å². The molecule has 0 fully saturated rings. The normalized spacial score (nSPS) is 11.3. The van der Waals surface area contributed by atoms with E-state index in [9.17, 15) is 13.2 Å². The topological polar surface area (TPSA) is 106 Å². The maximum Gasteiger partial charge on any atom is 0.271 e. The van der Waals surface area contributed by atoms with E-state index in [-0.39, 0.29) is 12.5 Å². The second-order valence-corrected chi connectivity index (χ2v) is 7.80. The van der Waals surface area contributed by atoms with E-state index in [1.807, 2.05) is 54.6 Å². The van der Waals surface area contributed by atoms with Crippen molar-refractivity contribution in [3.8, 4) is 5.69 Å². The number of benzene rings is 2. The van der Waals surface area contributed by atoms with Crippen LogP contribution in [-0.4, -0.2) is 35.6 Å². The highest BCUT2D eigenvalue weighted by atomic mass is 32.2. The van der Waals surface area contributed by atoms with Crippen molar-refractivity contribution in [3.05, 3.63) is 77.6 Å². The summed E-state index contributed by atoms with van der Waals surface area (Å²) >= 11 is 0. The average Bonchev–Trinajstić information content (AvgIpc) is 3.15. The number of hydrogen-bond acceptors (Lipinski definition) is 5. The van der Waals surface area contributed by atoms with Crippen LogP contribution in [0.25, 0.3) is 5.69 Å². The SMILES string of the molecule is CS(=O)(=O)NCc1cccc(CNC(=O)c2cnnn2-c2ccccc2)c1. The molecule has 0 bridgehead atoms. The van der Waals surface area contributed by atoms with Crippen LogP contribution in [0.15, 0.2) is 60.8 Å². The van der Waals surface area contributed by atoms with Crippen LogP contribution in [0.4, 0.5) is 0 Å². The van der Waals surface area contributed by atoms with Crippen LogP contribution in [0.3, 0.4) is 0 Å². The molecule has 2 N–H and O–H groups in total. The van der Waals surface area contributed by atoms with Crippen molar-refractivity contribution >= 4 is 15.9 Å². The molecule has 1 heterocycles. The lowest BCUT2D eigenvalue weighted by molar-refractivity contribution is 0.0943. The molecule has 3 rings (SSSR count). The predicted molar refractivity (Wildman–Crippen MR) is 101 cm³/mol. The van der Waals surface area contributed by atoms with Gasteiger partial charge in [-0.15, -0.1) is 5.10 Å². The molecule has 0 unspecified atom stereocenters. The van der Waals surface area contributed by atoms with E-state index < -0.39 is 10.0 Å². The first-order valence-corrected chi connectivity index (χ1v) is 10.1. The molecule has 0 aliphatic carbocycles. The quantitative estimate of drug-likeness (QED) is 0.637. The summed E-state index contributed by atoms with van der Waals surface area (Å²) in [5, 5.41) is 10.6. The van der Waals surface area contributed by atoms with Crippen LogP contribution < -0.4 is 10.0 Å². The minimum absolute atomic E-state index is 0.200. The van der Waals surface area contributed by atoms with E-state index in [1.54, 1.807) is 0 Å². The molecule has 27 heavy (non-hydrogen) atoms. The van der Waals surface area contributed by atoms with Gasteiger partial charge in [0.05, 0.1) is 18.1 Å². The first kappa shape index (κ1) is 18.7. The van der Waals surface area contributed by atoms with E-state index in [0.29, 0.717) is 12.2 Å². The van der Waals surface area contributed by atoms with Crippen molar-refractivity contribution in [2.24, 2.45) is 0 Å². The summed E-state index contributed by atoms with van der Waals surface area (Å²) in [5.74, 6) is -0.302. The lowest BCUT2D eigenvalue weighted by Crippen LogP contribution is -2.25. The van der Waals surface area contributed by atoms with Gasteiger partial charge in [-0.1, -0.05) is 47.7 Å². The Morgan fingerprint density at radius 1 is 1.04 bits per heavy atom. The third kappa shape index (κ3) is 5.22. The van der Waals surface area contributed by atoms with Gasteiger partial charge >= 0.3 is 0 Å². The molecule has 8 nitrogen and oxygen atoms in total. The molecule has 1 amide bonds. The van der Waals surface area contributed by atoms with Crippen molar-refractivity contribution in [2.45, 2.75) is 13.1 Å². The van der Waals surface area contributed by atoms with Crippen LogP contribution in [0.1, 0.15) is 21.6 Å². The number of amides is 1. The van der Waals surface area contributed by atoms with Gasteiger partial charge in [-0.25, -0.2) is 17.8 Å². The van der Waals surface area contributed by atoms with Gasteiger partial charge in [0.1, 0.15) is 0 Å². The van der Waals surface area contributed by atoms with Gasteiger partial charge in [0.25, 0.3) is 5.91 Å². The zero-order chi connectivity index (χ0) is 19.3. The van der Waals surface area contributed by atoms with Gasteiger partial charge < -0.3 is 5.32 Å². The van der Waals surface area contributed by atoms with Gasteiger partial charge in [-0.3, -0.25) is 4.79 Å². The number of rotatable bonds is 7. The third-order valence-electron chi connectivity index (χ3n) is 3.77. The van der Waals surface area contributed by atoms with Gasteiger partial charge in [0.2, 0.25) is 10.0 Å². The fourth-order valence-electron chi connectivity index (χ4n) is 2.49. The minimum Gasteiger partial charge on any atom is -0.347 e. The van der Waals surface area contributed by atoms with Crippen molar-refractivity contribution in [1.82, 2.24) is 25.0 Å². The maximum absolute atomic E-state index is 12.5. The molecule has 140 valence electrons. The molecular weight excluding hydrogens is 366 g/mol. The second-order valence-electron chi connectivity index (χ2n) is 5.96. The highest BCUT2D eigenvalue weighted by Gasteiger charge is 2.14. The maximum atomic E-state index is 12.5. The summed E-state index contributed by atoms with van der Waals surface area (Å²) in [6.07, 6.45) is 2.52. The summed E-state index contributed by atoms with van der Waals surface area (Å²) in [5.41, 5.74) is 2.74. The molecule has 0 aliphatic heterocycles. The number of nitrogens with zero attached hydrogens (tertiary/aromatic N) is 3. The molecule has 2 aromatic carbocycles. The Hall–Kier alpha value is -3.04. The summed E-state index contributed by atoms with van der Waals surface area (Å²) in [6.45, 7) is 0.497. The largest absolute Gasteiger partial charge is 0.347 e. The van der Waals surface area contributed by atoms with Crippen LogP contribution in [0.5, 0.6) is 0 Å². The van der Waals surface area contributed by atoms with Crippen LogP contribution in [-0.2, 0) is 23.1 Å². The van der Waals surface area contributed by atoms with E-state index >= 15 is 0 Å². The minimum atomic E-state index is -3.26. The number of sulfonamides is 1. The smallest absolute Gasteiger partial charge is 0.271 e. The summed E-state index contributed by atoms with van der Waals surface area (Å²) < 4.78 is 26.3. The second kappa shape index (κ2) is 8.11. The van der Waals surface area contributed by atoms with Crippen LogP contribution in [0.2, 0.25) is 0 Å². The van der Waals surface area contributed by atoms with E-state index in [1.165, 1.54) is 10.9 Å². The lowest BCUT2D eigenvalue weighted by Gasteiger charge is -2.09. The first-order valence-electron chi connectivity index (χ1n) is 8.19. The number of para-hydroxylation sites is 1. The summed E-state index contributed by atoms with van der Waals surface area (Å²) in [4.78, 5) is 12.5. The molecule has 0 saturated heterocycles. The molecule has 9 heteroatoms. The highest BCUT2D eigenvalue weighted by molar-refractivity contribution is 7.88. The molecule has 3 aromatic rings. The molecule has 0 aliphatic rings. The molecular formula is C18H19N5O3S. The van der Waals surface area contributed by atoms with Gasteiger partial charge in [0, 0.05) is 13.1 Å². The number of aromatic nitrogens is 3.